The average molecular weight is 294 g/mol. The molecule has 0 radical (unpaired) electrons. The first-order valence-electron chi connectivity index (χ1n) is 5.58. The summed E-state index contributed by atoms with van der Waals surface area (Å²) in [4.78, 5) is 4.09. The fraction of sp³-hybridized carbons (Fsp3) is 0.308. The number of aryl methyl sites for hydroxylation is 2. The molecule has 0 bridgehead atoms. The lowest BCUT2D eigenvalue weighted by atomic mass is 10.1. The van der Waals surface area contributed by atoms with E-state index in [-0.39, 0.29) is 0 Å². The van der Waals surface area contributed by atoms with Crippen molar-refractivity contribution in [3.63, 3.8) is 0 Å². The van der Waals surface area contributed by atoms with Crippen LogP contribution in [0.25, 0.3) is 0 Å². The van der Waals surface area contributed by atoms with Gasteiger partial charge in [-0.15, -0.1) is 0 Å². The SMILES string of the molecule is Cc1cc(Br)ccc1CNCc1cncn1C. The zero-order chi connectivity index (χ0) is 12.3. The number of hydrogen-bond donors (Lipinski definition) is 1. The molecule has 0 saturated carbocycles. The van der Waals surface area contributed by atoms with Crippen LogP contribution >= 0.6 is 15.9 Å². The van der Waals surface area contributed by atoms with Crippen LogP contribution in [0.1, 0.15) is 16.8 Å². The number of benzene rings is 1. The van der Waals surface area contributed by atoms with Gasteiger partial charge in [0.2, 0.25) is 0 Å². The van der Waals surface area contributed by atoms with Gasteiger partial charge in [0, 0.05) is 30.8 Å². The summed E-state index contributed by atoms with van der Waals surface area (Å²) < 4.78 is 3.16. The normalized spacial score (nSPS) is 10.8. The monoisotopic (exact) mass is 293 g/mol. The fourth-order valence-corrected chi connectivity index (χ4v) is 2.21. The number of imidazole rings is 1. The summed E-state index contributed by atoms with van der Waals surface area (Å²) in [7, 11) is 2.01. The third-order valence-electron chi connectivity index (χ3n) is 2.84. The summed E-state index contributed by atoms with van der Waals surface area (Å²) in [6.45, 7) is 3.85. The highest BCUT2D eigenvalue weighted by Gasteiger charge is 2.00. The van der Waals surface area contributed by atoms with Crippen molar-refractivity contribution in [3.8, 4) is 0 Å². The van der Waals surface area contributed by atoms with Crippen LogP contribution in [0.5, 0.6) is 0 Å². The summed E-state index contributed by atoms with van der Waals surface area (Å²) in [6, 6.07) is 6.37. The van der Waals surface area contributed by atoms with Gasteiger partial charge in [-0.05, 0) is 30.2 Å². The summed E-state index contributed by atoms with van der Waals surface area (Å²) in [6.07, 6.45) is 3.71. The molecule has 0 atom stereocenters. The Labute approximate surface area is 110 Å². The molecular formula is C13H16BrN3. The van der Waals surface area contributed by atoms with Gasteiger partial charge in [-0.25, -0.2) is 4.98 Å². The molecule has 17 heavy (non-hydrogen) atoms. The Morgan fingerprint density at radius 2 is 2.18 bits per heavy atom. The number of nitrogens with zero attached hydrogens (tertiary/aromatic N) is 2. The second kappa shape index (κ2) is 5.47. The molecule has 1 heterocycles. The quantitative estimate of drug-likeness (QED) is 0.939. The second-order valence-corrected chi connectivity index (χ2v) is 5.09. The molecular weight excluding hydrogens is 278 g/mol. The zero-order valence-electron chi connectivity index (χ0n) is 10.1. The van der Waals surface area contributed by atoms with Crippen molar-refractivity contribution in [2.75, 3.05) is 0 Å². The van der Waals surface area contributed by atoms with Crippen LogP contribution in [0.15, 0.2) is 35.2 Å². The molecule has 1 aromatic carbocycles. The van der Waals surface area contributed by atoms with Crippen LogP contribution in [0.4, 0.5) is 0 Å². The van der Waals surface area contributed by atoms with E-state index in [2.05, 4.69) is 51.4 Å². The molecule has 0 aliphatic rings. The predicted octanol–water partition coefficient (Wildman–Crippen LogP) is 2.78. The third kappa shape index (κ3) is 3.17. The van der Waals surface area contributed by atoms with E-state index in [1.165, 1.54) is 16.8 Å². The van der Waals surface area contributed by atoms with Crippen LogP contribution in [-0.2, 0) is 20.1 Å². The predicted molar refractivity (Wildman–Crippen MR) is 72.6 cm³/mol. The van der Waals surface area contributed by atoms with E-state index in [4.69, 9.17) is 0 Å². The molecule has 0 spiro atoms. The van der Waals surface area contributed by atoms with Crippen LogP contribution in [0, 0.1) is 6.92 Å². The van der Waals surface area contributed by atoms with Crippen LogP contribution < -0.4 is 5.32 Å². The highest BCUT2D eigenvalue weighted by Crippen LogP contribution is 2.15. The van der Waals surface area contributed by atoms with Gasteiger partial charge in [0.15, 0.2) is 0 Å². The maximum absolute atomic E-state index is 4.09. The molecule has 0 aliphatic heterocycles. The molecule has 1 aromatic heterocycles. The molecule has 3 nitrogen and oxygen atoms in total. The topological polar surface area (TPSA) is 29.9 Å². The number of nitrogens with one attached hydrogen (secondary N) is 1. The molecule has 2 rings (SSSR count). The van der Waals surface area contributed by atoms with Gasteiger partial charge in [0.25, 0.3) is 0 Å². The Hall–Kier alpha value is -1.13. The van der Waals surface area contributed by atoms with Crippen molar-refractivity contribution < 1.29 is 0 Å². The van der Waals surface area contributed by atoms with Gasteiger partial charge in [-0.3, -0.25) is 0 Å². The molecule has 4 heteroatoms. The highest BCUT2D eigenvalue weighted by atomic mass is 79.9. The van der Waals surface area contributed by atoms with Crippen molar-refractivity contribution in [1.82, 2.24) is 14.9 Å². The second-order valence-electron chi connectivity index (χ2n) is 4.17. The molecule has 2 aromatic rings. The largest absolute Gasteiger partial charge is 0.337 e. The maximum Gasteiger partial charge on any atom is 0.0945 e. The lowest BCUT2D eigenvalue weighted by Crippen LogP contribution is -2.15. The summed E-state index contributed by atoms with van der Waals surface area (Å²) in [5, 5.41) is 3.43. The van der Waals surface area contributed by atoms with Crippen molar-refractivity contribution in [1.29, 1.82) is 0 Å². The Morgan fingerprint density at radius 1 is 1.35 bits per heavy atom. The smallest absolute Gasteiger partial charge is 0.0945 e. The van der Waals surface area contributed by atoms with Crippen molar-refractivity contribution >= 4 is 15.9 Å². The standard InChI is InChI=1S/C13H16BrN3/c1-10-5-12(14)4-3-11(10)6-15-7-13-8-16-9-17(13)2/h3-5,8-9,15H,6-7H2,1-2H3. The van der Waals surface area contributed by atoms with Crippen LogP contribution in [0.2, 0.25) is 0 Å². The first kappa shape index (κ1) is 12.3. The Morgan fingerprint density at radius 3 is 2.82 bits per heavy atom. The average Bonchev–Trinajstić information content (AvgIpc) is 2.68. The Kier molecular flexibility index (Phi) is 3.97. The van der Waals surface area contributed by atoms with E-state index in [9.17, 15) is 0 Å². The molecule has 0 unspecified atom stereocenters. The van der Waals surface area contributed by atoms with Gasteiger partial charge in [0.1, 0.15) is 0 Å². The zero-order valence-corrected chi connectivity index (χ0v) is 11.7. The van der Waals surface area contributed by atoms with Gasteiger partial charge < -0.3 is 9.88 Å². The Bertz CT molecular complexity index is 505. The van der Waals surface area contributed by atoms with E-state index in [1.54, 1.807) is 0 Å². The first-order chi connectivity index (χ1) is 8.16. The number of hydrogen-bond acceptors (Lipinski definition) is 2. The van der Waals surface area contributed by atoms with Gasteiger partial charge in [0.05, 0.1) is 12.0 Å². The van der Waals surface area contributed by atoms with Crippen molar-refractivity contribution in [3.05, 3.63) is 52.0 Å². The molecule has 90 valence electrons. The first-order valence-corrected chi connectivity index (χ1v) is 6.37. The van der Waals surface area contributed by atoms with Crippen molar-refractivity contribution in [2.24, 2.45) is 7.05 Å². The minimum Gasteiger partial charge on any atom is -0.337 e. The number of rotatable bonds is 4. The van der Waals surface area contributed by atoms with E-state index >= 15 is 0 Å². The highest BCUT2D eigenvalue weighted by molar-refractivity contribution is 9.10. The molecule has 0 fully saturated rings. The fourth-order valence-electron chi connectivity index (χ4n) is 1.74. The van der Waals surface area contributed by atoms with E-state index < -0.39 is 0 Å². The number of halogens is 1. The summed E-state index contributed by atoms with van der Waals surface area (Å²) in [5.41, 5.74) is 3.83. The van der Waals surface area contributed by atoms with E-state index in [1.807, 2.05) is 24.1 Å². The van der Waals surface area contributed by atoms with Gasteiger partial charge >= 0.3 is 0 Å². The minimum absolute atomic E-state index is 0.839. The maximum atomic E-state index is 4.09. The molecule has 0 saturated heterocycles. The van der Waals surface area contributed by atoms with Crippen LogP contribution in [0.3, 0.4) is 0 Å². The van der Waals surface area contributed by atoms with Gasteiger partial charge in [-0.1, -0.05) is 22.0 Å². The van der Waals surface area contributed by atoms with E-state index in [0.717, 1.165) is 17.6 Å². The number of aromatic nitrogens is 2. The van der Waals surface area contributed by atoms with E-state index in [0.29, 0.717) is 0 Å². The van der Waals surface area contributed by atoms with Gasteiger partial charge in [-0.2, -0.15) is 0 Å². The molecule has 0 aliphatic carbocycles. The molecule has 0 amide bonds. The van der Waals surface area contributed by atoms with Crippen LogP contribution in [-0.4, -0.2) is 9.55 Å². The lowest BCUT2D eigenvalue weighted by Gasteiger charge is -2.08. The summed E-state index contributed by atoms with van der Waals surface area (Å²) >= 11 is 3.47. The minimum atomic E-state index is 0.839. The Balaban J connectivity index is 1.92. The summed E-state index contributed by atoms with van der Waals surface area (Å²) in [5.74, 6) is 0. The lowest BCUT2D eigenvalue weighted by molar-refractivity contribution is 0.653. The molecule has 1 N–H and O–H groups in total. The third-order valence-corrected chi connectivity index (χ3v) is 3.34. The van der Waals surface area contributed by atoms with Crippen molar-refractivity contribution in [2.45, 2.75) is 20.0 Å².